The van der Waals surface area contributed by atoms with Gasteiger partial charge < -0.3 is 15.1 Å². The summed E-state index contributed by atoms with van der Waals surface area (Å²) < 4.78 is 0. The number of aliphatic hydroxyl groups is 1. The molecule has 92 valence electrons. The molecule has 1 saturated heterocycles. The largest absolute Gasteiger partial charge is 0.507 e. The maximum Gasteiger partial charge on any atom is 0.257 e. The van der Waals surface area contributed by atoms with Crippen molar-refractivity contribution in [3.05, 3.63) is 29.3 Å². The van der Waals surface area contributed by atoms with E-state index >= 15 is 0 Å². The predicted octanol–water partition coefficient (Wildman–Crippen LogP) is 1.16. The second kappa shape index (κ2) is 4.75. The highest BCUT2D eigenvalue weighted by Gasteiger charge is 2.27. The fourth-order valence-electron chi connectivity index (χ4n) is 2.17. The van der Waals surface area contributed by atoms with E-state index in [1.54, 1.807) is 30.0 Å². The molecule has 4 heteroatoms. The van der Waals surface area contributed by atoms with Crippen molar-refractivity contribution in [3.63, 3.8) is 0 Å². The Morgan fingerprint density at radius 2 is 2.29 bits per heavy atom. The number of phenols is 1. The molecule has 0 spiro atoms. The van der Waals surface area contributed by atoms with Crippen LogP contribution in [0.3, 0.4) is 0 Å². The number of likely N-dealkylation sites (tertiary alicyclic amines) is 1. The molecule has 1 aliphatic heterocycles. The van der Waals surface area contributed by atoms with Crippen LogP contribution in [0.15, 0.2) is 18.2 Å². The highest BCUT2D eigenvalue weighted by Crippen LogP contribution is 2.25. The lowest BCUT2D eigenvalue weighted by Gasteiger charge is -2.17. The Kier molecular flexibility index (Phi) is 3.33. The highest BCUT2D eigenvalue weighted by molar-refractivity contribution is 5.97. The number of hydrogen-bond donors (Lipinski definition) is 2. The molecule has 1 amide bonds. The molecule has 4 nitrogen and oxygen atoms in total. The van der Waals surface area contributed by atoms with Gasteiger partial charge in [0.2, 0.25) is 0 Å². The Morgan fingerprint density at radius 1 is 1.53 bits per heavy atom. The molecule has 1 atom stereocenters. The van der Waals surface area contributed by atoms with Crippen LogP contribution in [0.1, 0.15) is 22.3 Å². The number of nitrogens with zero attached hydrogens (tertiary/aromatic N) is 1. The Balaban J connectivity index is 2.18. The van der Waals surface area contributed by atoms with E-state index in [1.807, 2.05) is 0 Å². The molecule has 0 bridgehead atoms. The Morgan fingerprint density at radius 3 is 2.94 bits per heavy atom. The maximum absolute atomic E-state index is 12.2. The number of carbonyl (C=O) groups is 1. The third-order valence-electron chi connectivity index (χ3n) is 3.30. The minimum Gasteiger partial charge on any atom is -0.507 e. The summed E-state index contributed by atoms with van der Waals surface area (Å²) in [5.74, 6) is 0.0815. The van der Waals surface area contributed by atoms with Crippen molar-refractivity contribution in [2.75, 3.05) is 19.7 Å². The predicted molar refractivity (Wildman–Crippen MR) is 63.9 cm³/mol. The molecule has 0 radical (unpaired) electrons. The third-order valence-corrected chi connectivity index (χ3v) is 3.30. The van der Waals surface area contributed by atoms with Crippen molar-refractivity contribution in [1.82, 2.24) is 4.90 Å². The standard InChI is InChI=1S/C13H17NO3/c1-9-3-2-4-11(12(9)16)13(17)14-6-5-10(7-14)8-15/h2-4,10,15-16H,5-8H2,1H3. The summed E-state index contributed by atoms with van der Waals surface area (Å²) >= 11 is 0. The fraction of sp³-hybridized carbons (Fsp3) is 0.462. The van der Waals surface area contributed by atoms with Crippen LogP contribution in [0, 0.1) is 12.8 Å². The van der Waals surface area contributed by atoms with Gasteiger partial charge in [0.15, 0.2) is 0 Å². The van der Waals surface area contributed by atoms with Crippen molar-refractivity contribution < 1.29 is 15.0 Å². The fourth-order valence-corrected chi connectivity index (χ4v) is 2.17. The van der Waals surface area contributed by atoms with Crippen molar-refractivity contribution in [2.24, 2.45) is 5.92 Å². The van der Waals surface area contributed by atoms with Crippen LogP contribution in [0.5, 0.6) is 5.75 Å². The number of aryl methyl sites for hydroxylation is 1. The van der Waals surface area contributed by atoms with E-state index in [1.165, 1.54) is 0 Å². The van der Waals surface area contributed by atoms with Crippen LogP contribution in [0.25, 0.3) is 0 Å². The lowest BCUT2D eigenvalue weighted by molar-refractivity contribution is 0.0778. The maximum atomic E-state index is 12.2. The average molecular weight is 235 g/mol. The van der Waals surface area contributed by atoms with E-state index in [2.05, 4.69) is 0 Å². The van der Waals surface area contributed by atoms with Crippen molar-refractivity contribution >= 4 is 5.91 Å². The van der Waals surface area contributed by atoms with E-state index < -0.39 is 0 Å². The van der Waals surface area contributed by atoms with Crippen LogP contribution in [-0.2, 0) is 0 Å². The molecule has 1 unspecified atom stereocenters. The lowest BCUT2D eigenvalue weighted by Crippen LogP contribution is -2.29. The van der Waals surface area contributed by atoms with Gasteiger partial charge in [-0.1, -0.05) is 12.1 Å². The number of aliphatic hydroxyl groups excluding tert-OH is 1. The number of amides is 1. The summed E-state index contributed by atoms with van der Waals surface area (Å²) in [6, 6.07) is 5.17. The summed E-state index contributed by atoms with van der Waals surface area (Å²) in [4.78, 5) is 13.9. The second-order valence-corrected chi connectivity index (χ2v) is 4.56. The van der Waals surface area contributed by atoms with Crippen molar-refractivity contribution in [3.8, 4) is 5.75 Å². The molecule has 1 fully saturated rings. The molecule has 1 aromatic rings. The molecule has 0 aliphatic carbocycles. The van der Waals surface area contributed by atoms with Gasteiger partial charge in [-0.3, -0.25) is 4.79 Å². The summed E-state index contributed by atoms with van der Waals surface area (Å²) in [5, 5.41) is 18.9. The van der Waals surface area contributed by atoms with Gasteiger partial charge in [0.05, 0.1) is 5.56 Å². The van der Waals surface area contributed by atoms with Gasteiger partial charge in [0.1, 0.15) is 5.75 Å². The monoisotopic (exact) mass is 235 g/mol. The molecular weight excluding hydrogens is 218 g/mol. The number of benzene rings is 1. The molecule has 1 aliphatic rings. The number of carbonyl (C=O) groups excluding carboxylic acids is 1. The van der Waals surface area contributed by atoms with Crippen LogP contribution in [0.4, 0.5) is 0 Å². The first kappa shape index (κ1) is 11.9. The lowest BCUT2D eigenvalue weighted by atomic mass is 10.1. The van der Waals surface area contributed by atoms with E-state index in [-0.39, 0.29) is 24.2 Å². The Hall–Kier alpha value is -1.55. The average Bonchev–Trinajstić information content (AvgIpc) is 2.80. The molecule has 2 rings (SSSR count). The molecule has 1 heterocycles. The number of hydrogen-bond acceptors (Lipinski definition) is 3. The summed E-state index contributed by atoms with van der Waals surface area (Å²) in [7, 11) is 0. The van der Waals surface area contributed by atoms with E-state index in [0.717, 1.165) is 6.42 Å². The molecule has 0 aromatic heterocycles. The summed E-state index contributed by atoms with van der Waals surface area (Å²) in [6.07, 6.45) is 0.828. The number of rotatable bonds is 2. The second-order valence-electron chi connectivity index (χ2n) is 4.56. The molecule has 1 aromatic carbocycles. The first-order valence-electron chi connectivity index (χ1n) is 5.82. The van der Waals surface area contributed by atoms with Gasteiger partial charge in [-0.2, -0.15) is 0 Å². The van der Waals surface area contributed by atoms with Crippen LogP contribution < -0.4 is 0 Å². The number of phenolic OH excluding ortho intramolecular Hbond substituents is 1. The first-order valence-corrected chi connectivity index (χ1v) is 5.82. The van der Waals surface area contributed by atoms with Gasteiger partial charge in [-0.25, -0.2) is 0 Å². The highest BCUT2D eigenvalue weighted by atomic mass is 16.3. The summed E-state index contributed by atoms with van der Waals surface area (Å²) in [5.41, 5.74) is 1.05. The normalized spacial score (nSPS) is 19.6. The topological polar surface area (TPSA) is 60.8 Å². The Labute approximate surface area is 100 Å². The van der Waals surface area contributed by atoms with E-state index in [4.69, 9.17) is 5.11 Å². The zero-order valence-corrected chi connectivity index (χ0v) is 9.89. The van der Waals surface area contributed by atoms with Gasteiger partial charge >= 0.3 is 0 Å². The van der Waals surface area contributed by atoms with Crippen molar-refractivity contribution in [1.29, 1.82) is 0 Å². The SMILES string of the molecule is Cc1cccc(C(=O)N2CCC(CO)C2)c1O. The molecule has 0 saturated carbocycles. The van der Waals surface area contributed by atoms with Crippen LogP contribution >= 0.6 is 0 Å². The zero-order chi connectivity index (χ0) is 12.4. The number of para-hydroxylation sites is 1. The third kappa shape index (κ3) is 2.26. The minimum absolute atomic E-state index is 0.0601. The van der Waals surface area contributed by atoms with Gasteiger partial charge in [-0.15, -0.1) is 0 Å². The van der Waals surface area contributed by atoms with Crippen LogP contribution in [0.2, 0.25) is 0 Å². The quantitative estimate of drug-likeness (QED) is 0.808. The van der Waals surface area contributed by atoms with E-state index in [0.29, 0.717) is 24.2 Å². The Bertz CT molecular complexity index is 431. The molecular formula is C13H17NO3. The zero-order valence-electron chi connectivity index (χ0n) is 9.89. The molecule has 2 N–H and O–H groups in total. The van der Waals surface area contributed by atoms with Crippen molar-refractivity contribution in [2.45, 2.75) is 13.3 Å². The first-order chi connectivity index (χ1) is 8.13. The van der Waals surface area contributed by atoms with E-state index in [9.17, 15) is 9.90 Å². The molecule has 17 heavy (non-hydrogen) atoms. The van der Waals surface area contributed by atoms with Gasteiger partial charge in [0.25, 0.3) is 5.91 Å². The minimum atomic E-state index is -0.151. The smallest absolute Gasteiger partial charge is 0.257 e. The summed E-state index contributed by atoms with van der Waals surface area (Å²) in [6.45, 7) is 3.11. The van der Waals surface area contributed by atoms with Crippen LogP contribution in [-0.4, -0.2) is 40.7 Å². The number of aromatic hydroxyl groups is 1. The van der Waals surface area contributed by atoms with Gasteiger partial charge in [-0.05, 0) is 25.0 Å². The van der Waals surface area contributed by atoms with Gasteiger partial charge in [0, 0.05) is 25.6 Å².